The highest BCUT2D eigenvalue weighted by Gasteiger charge is 2.33. The number of amides is 1. The van der Waals surface area contributed by atoms with Gasteiger partial charge in [0, 0.05) is 30.4 Å². The fourth-order valence-corrected chi connectivity index (χ4v) is 4.49. The first kappa shape index (κ1) is 24.9. The molecule has 2 atom stereocenters. The topological polar surface area (TPSA) is 78.1 Å². The van der Waals surface area contributed by atoms with E-state index in [9.17, 15) is 15.0 Å². The zero-order chi connectivity index (χ0) is 25.3. The van der Waals surface area contributed by atoms with Crippen LogP contribution in [0.2, 0.25) is 5.15 Å². The fourth-order valence-electron chi connectivity index (χ4n) is 4.20. The minimum atomic E-state index is -0.930. The molecule has 0 aliphatic carbocycles. The summed E-state index contributed by atoms with van der Waals surface area (Å²) in [5.74, 6) is -0.264. The predicted octanol–water partition coefficient (Wildman–Crippen LogP) is 5.15. The minimum Gasteiger partial charge on any atom is -0.388 e. The van der Waals surface area contributed by atoms with Crippen molar-refractivity contribution in [1.29, 1.82) is 0 Å². The Morgan fingerprint density at radius 3 is 2.43 bits per heavy atom. The Kier molecular flexibility index (Phi) is 7.26. The molecule has 0 bridgehead atoms. The van der Waals surface area contributed by atoms with Gasteiger partial charge in [0.15, 0.2) is 0 Å². The van der Waals surface area contributed by atoms with Gasteiger partial charge in [0.2, 0.25) is 0 Å². The van der Waals surface area contributed by atoms with Gasteiger partial charge < -0.3 is 15.1 Å². The number of β-amino-alcohol motifs (C(OH)–C–C–N with tert-alkyl or cyclic N) is 2. The summed E-state index contributed by atoms with van der Waals surface area (Å²) in [5, 5.41) is 20.1. The van der Waals surface area contributed by atoms with Gasteiger partial charge in [-0.25, -0.2) is 4.98 Å². The number of likely N-dealkylation sites (tertiary alicyclic amines) is 1. The van der Waals surface area contributed by atoms with Gasteiger partial charge in [0.1, 0.15) is 16.5 Å². The molecule has 1 aliphatic rings. The Hall–Kier alpha value is -3.19. The van der Waals surface area contributed by atoms with E-state index < -0.39 is 12.2 Å². The molecule has 3 aromatic rings. The number of imidazole rings is 1. The maximum atomic E-state index is 12.9. The van der Waals surface area contributed by atoms with Crippen LogP contribution in [0.5, 0.6) is 0 Å². The second-order valence-electron chi connectivity index (χ2n) is 9.08. The van der Waals surface area contributed by atoms with Gasteiger partial charge in [0.05, 0.1) is 12.2 Å². The molecule has 0 saturated carbocycles. The van der Waals surface area contributed by atoms with E-state index in [1.807, 2.05) is 25.1 Å². The number of allylic oxidation sites excluding steroid dienone is 6. The summed E-state index contributed by atoms with van der Waals surface area (Å²) in [6.07, 6.45) is 6.15. The number of aliphatic hydroxyl groups is 2. The second-order valence-corrected chi connectivity index (χ2v) is 9.44. The van der Waals surface area contributed by atoms with Gasteiger partial charge >= 0.3 is 0 Å². The van der Waals surface area contributed by atoms with E-state index in [4.69, 9.17) is 16.6 Å². The van der Waals surface area contributed by atoms with Crippen molar-refractivity contribution in [2.75, 3.05) is 13.1 Å². The molecule has 1 amide bonds. The third-order valence-corrected chi connectivity index (χ3v) is 6.64. The van der Waals surface area contributed by atoms with E-state index in [0.717, 1.165) is 22.3 Å². The number of hydrogen-bond acceptors (Lipinski definition) is 4. The van der Waals surface area contributed by atoms with E-state index in [0.29, 0.717) is 22.1 Å². The van der Waals surface area contributed by atoms with E-state index in [-0.39, 0.29) is 19.0 Å². The highest BCUT2D eigenvalue weighted by molar-refractivity contribution is 6.32. The molecule has 1 aromatic carbocycles. The first-order valence-corrected chi connectivity index (χ1v) is 12.0. The van der Waals surface area contributed by atoms with Crippen LogP contribution >= 0.6 is 11.6 Å². The quantitative estimate of drug-likeness (QED) is 0.484. The minimum absolute atomic E-state index is 0.101. The first-order valence-electron chi connectivity index (χ1n) is 11.6. The van der Waals surface area contributed by atoms with Crippen molar-refractivity contribution in [3.63, 3.8) is 0 Å². The summed E-state index contributed by atoms with van der Waals surface area (Å²) in [6, 6.07) is 11.4. The Balaban J connectivity index is 1.79. The maximum Gasteiger partial charge on any atom is 0.254 e. The molecule has 2 unspecified atom stereocenters. The molecule has 6 nitrogen and oxygen atoms in total. The van der Waals surface area contributed by atoms with Crippen molar-refractivity contribution in [2.24, 2.45) is 0 Å². The van der Waals surface area contributed by atoms with Gasteiger partial charge in [-0.2, -0.15) is 0 Å². The van der Waals surface area contributed by atoms with Crippen LogP contribution in [0.25, 0.3) is 22.5 Å². The molecular weight excluding hydrogens is 462 g/mol. The SMILES string of the molecule is C/C=C(C)\C(=C/C=C(C)C)c1ccccc1-c1nc2cc(C(=O)N3CC(O)C(O)C3)ccn2c1Cl. The van der Waals surface area contributed by atoms with Crippen molar-refractivity contribution in [2.45, 2.75) is 39.9 Å². The normalized spacial score (nSPS) is 18.9. The second kappa shape index (κ2) is 10.2. The molecule has 2 N–H and O–H groups in total. The lowest BCUT2D eigenvalue weighted by molar-refractivity contribution is 0.0572. The van der Waals surface area contributed by atoms with Crippen LogP contribution in [0, 0.1) is 0 Å². The maximum absolute atomic E-state index is 12.9. The van der Waals surface area contributed by atoms with Gasteiger partial charge in [-0.05, 0) is 56.5 Å². The number of pyridine rings is 1. The number of carbonyl (C=O) groups excluding carboxylic acids is 1. The lowest BCUT2D eigenvalue weighted by Crippen LogP contribution is -2.29. The Labute approximate surface area is 210 Å². The van der Waals surface area contributed by atoms with Gasteiger partial charge in [-0.3, -0.25) is 9.20 Å². The number of aliphatic hydroxyl groups excluding tert-OH is 2. The molecule has 0 spiro atoms. The number of fused-ring (bicyclic) bond motifs is 1. The molecule has 1 aliphatic heterocycles. The van der Waals surface area contributed by atoms with E-state index in [1.165, 1.54) is 10.5 Å². The van der Waals surface area contributed by atoms with Crippen molar-refractivity contribution in [1.82, 2.24) is 14.3 Å². The number of rotatable bonds is 5. The lowest BCUT2D eigenvalue weighted by Gasteiger charge is -2.15. The molecule has 0 radical (unpaired) electrons. The Bertz CT molecular complexity index is 1360. The Morgan fingerprint density at radius 2 is 1.77 bits per heavy atom. The average Bonchev–Trinajstić information content (AvgIpc) is 3.36. The van der Waals surface area contributed by atoms with Crippen LogP contribution in [0.3, 0.4) is 0 Å². The molecule has 35 heavy (non-hydrogen) atoms. The molecular formula is C28H30ClN3O3. The third kappa shape index (κ3) is 4.96. The van der Waals surface area contributed by atoms with Gasteiger partial charge in [-0.1, -0.05) is 59.7 Å². The number of benzene rings is 1. The van der Waals surface area contributed by atoms with Crippen LogP contribution in [0.15, 0.2) is 72.0 Å². The molecule has 1 saturated heterocycles. The summed E-state index contributed by atoms with van der Waals surface area (Å²) in [5.41, 5.74) is 6.93. The molecule has 1 fully saturated rings. The largest absolute Gasteiger partial charge is 0.388 e. The summed E-state index contributed by atoms with van der Waals surface area (Å²) >= 11 is 6.80. The van der Waals surface area contributed by atoms with Crippen molar-refractivity contribution in [3.05, 3.63) is 88.2 Å². The zero-order valence-corrected chi connectivity index (χ0v) is 21.1. The molecule has 182 valence electrons. The number of hydrogen-bond donors (Lipinski definition) is 2. The standard InChI is InChI=1S/C28H30ClN3O3/c1-5-18(4)20(11-10-17(2)3)21-8-6-7-9-22(21)26-27(29)32-13-12-19(14-25(32)30-26)28(35)31-15-23(33)24(34)16-31/h5-14,23-24,33-34H,15-16H2,1-4H3/b18-5-,20-11+. The monoisotopic (exact) mass is 491 g/mol. The van der Waals surface area contributed by atoms with Crippen molar-refractivity contribution in [3.8, 4) is 11.3 Å². The highest BCUT2D eigenvalue weighted by atomic mass is 35.5. The molecule has 3 heterocycles. The first-order chi connectivity index (χ1) is 16.7. The third-order valence-electron chi connectivity index (χ3n) is 6.27. The van der Waals surface area contributed by atoms with Crippen LogP contribution in [-0.2, 0) is 0 Å². The Morgan fingerprint density at radius 1 is 1.09 bits per heavy atom. The highest BCUT2D eigenvalue weighted by Crippen LogP contribution is 2.36. The number of carbonyl (C=O) groups is 1. The lowest BCUT2D eigenvalue weighted by atomic mass is 9.92. The fraction of sp³-hybridized carbons (Fsp3) is 0.286. The molecule has 4 rings (SSSR count). The van der Waals surface area contributed by atoms with Crippen LogP contribution in [0.4, 0.5) is 0 Å². The zero-order valence-electron chi connectivity index (χ0n) is 20.4. The van der Waals surface area contributed by atoms with E-state index in [2.05, 4.69) is 45.1 Å². The van der Waals surface area contributed by atoms with Crippen LogP contribution in [0.1, 0.15) is 43.6 Å². The number of halogens is 1. The van der Waals surface area contributed by atoms with E-state index in [1.54, 1.807) is 22.7 Å². The molecule has 2 aromatic heterocycles. The summed E-state index contributed by atoms with van der Waals surface area (Å²) in [6.45, 7) is 8.42. The van der Waals surface area contributed by atoms with Crippen molar-refractivity contribution >= 4 is 28.7 Å². The summed E-state index contributed by atoms with van der Waals surface area (Å²) in [4.78, 5) is 19.2. The molecule has 7 heteroatoms. The predicted molar refractivity (Wildman–Crippen MR) is 140 cm³/mol. The number of nitrogens with zero attached hydrogens (tertiary/aromatic N) is 3. The van der Waals surface area contributed by atoms with Crippen molar-refractivity contribution < 1.29 is 15.0 Å². The smallest absolute Gasteiger partial charge is 0.254 e. The average molecular weight is 492 g/mol. The van der Waals surface area contributed by atoms with Gasteiger partial charge in [0.25, 0.3) is 5.91 Å². The van der Waals surface area contributed by atoms with Gasteiger partial charge in [-0.15, -0.1) is 0 Å². The summed E-state index contributed by atoms with van der Waals surface area (Å²) < 4.78 is 1.75. The summed E-state index contributed by atoms with van der Waals surface area (Å²) in [7, 11) is 0. The van der Waals surface area contributed by atoms with E-state index >= 15 is 0 Å². The van der Waals surface area contributed by atoms with Crippen LogP contribution < -0.4 is 0 Å². The number of aromatic nitrogens is 2. The van der Waals surface area contributed by atoms with Crippen LogP contribution in [-0.4, -0.2) is 55.7 Å².